The van der Waals surface area contributed by atoms with E-state index in [0.717, 1.165) is 11.3 Å². The van der Waals surface area contributed by atoms with Crippen LogP contribution in [0.2, 0.25) is 0 Å². The lowest BCUT2D eigenvalue weighted by atomic mass is 9.95. The van der Waals surface area contributed by atoms with Crippen LogP contribution in [-0.2, 0) is 20.2 Å². The second kappa shape index (κ2) is 4.88. The Morgan fingerprint density at radius 3 is 2.00 bits per heavy atom. The Balaban J connectivity index is 2.22. The predicted octanol–water partition coefficient (Wildman–Crippen LogP) is 2.52. The van der Waals surface area contributed by atoms with Gasteiger partial charge in [0.2, 0.25) is 0 Å². The molecule has 1 heterocycles. The van der Waals surface area contributed by atoms with Gasteiger partial charge in [0.05, 0.1) is 20.3 Å². The number of ether oxygens (including phenoxy) is 4. The van der Waals surface area contributed by atoms with Crippen LogP contribution in [0.4, 0.5) is 0 Å². The summed E-state index contributed by atoms with van der Waals surface area (Å²) in [4.78, 5) is 0. The van der Waals surface area contributed by atoms with Crippen molar-refractivity contribution in [2.45, 2.75) is 19.8 Å². The van der Waals surface area contributed by atoms with Gasteiger partial charge >= 0.3 is 5.97 Å². The molecule has 2 rings (SSSR count). The van der Waals surface area contributed by atoms with Crippen molar-refractivity contribution in [2.24, 2.45) is 5.41 Å². The van der Waals surface area contributed by atoms with E-state index in [4.69, 9.17) is 18.9 Å². The van der Waals surface area contributed by atoms with E-state index < -0.39 is 5.97 Å². The first-order valence-electron chi connectivity index (χ1n) is 5.99. The maximum absolute atomic E-state index is 5.80. The Labute approximate surface area is 108 Å². The lowest BCUT2D eigenvalue weighted by molar-refractivity contribution is -0.421. The van der Waals surface area contributed by atoms with Gasteiger partial charge in [0.25, 0.3) is 0 Å². The minimum atomic E-state index is -1.10. The van der Waals surface area contributed by atoms with Crippen LogP contribution in [0.1, 0.15) is 19.4 Å². The molecule has 4 heteroatoms. The molecule has 0 aromatic heterocycles. The average Bonchev–Trinajstić information content (AvgIpc) is 2.40. The number of benzene rings is 1. The van der Waals surface area contributed by atoms with Gasteiger partial charge in [-0.05, 0) is 24.3 Å². The van der Waals surface area contributed by atoms with E-state index in [0.29, 0.717) is 13.2 Å². The Bertz CT molecular complexity index is 387. The van der Waals surface area contributed by atoms with Crippen LogP contribution >= 0.6 is 0 Å². The fourth-order valence-corrected chi connectivity index (χ4v) is 1.86. The van der Waals surface area contributed by atoms with E-state index >= 15 is 0 Å². The molecule has 0 bridgehead atoms. The Morgan fingerprint density at radius 2 is 1.56 bits per heavy atom. The van der Waals surface area contributed by atoms with Gasteiger partial charge in [0, 0.05) is 18.1 Å². The van der Waals surface area contributed by atoms with E-state index in [1.54, 1.807) is 14.2 Å². The van der Waals surface area contributed by atoms with Crippen LogP contribution in [0.15, 0.2) is 24.3 Å². The summed E-state index contributed by atoms with van der Waals surface area (Å²) in [5.41, 5.74) is 0.843. The van der Waals surface area contributed by atoms with E-state index in [1.807, 2.05) is 24.3 Å². The van der Waals surface area contributed by atoms with E-state index in [9.17, 15) is 0 Å². The molecule has 0 amide bonds. The van der Waals surface area contributed by atoms with E-state index in [-0.39, 0.29) is 5.41 Å². The van der Waals surface area contributed by atoms with Crippen LogP contribution in [-0.4, -0.2) is 27.4 Å². The van der Waals surface area contributed by atoms with Gasteiger partial charge in [-0.25, -0.2) is 0 Å². The van der Waals surface area contributed by atoms with Gasteiger partial charge in [-0.2, -0.15) is 0 Å². The van der Waals surface area contributed by atoms with Crippen molar-refractivity contribution in [1.29, 1.82) is 0 Å². The SMILES string of the molecule is COc1ccc(C2(OC)OCC(C)(C)CO2)cc1. The van der Waals surface area contributed by atoms with Gasteiger partial charge in [-0.15, -0.1) is 0 Å². The summed E-state index contributed by atoms with van der Waals surface area (Å²) in [6, 6.07) is 7.51. The summed E-state index contributed by atoms with van der Waals surface area (Å²) in [6.45, 7) is 5.38. The van der Waals surface area contributed by atoms with Crippen molar-refractivity contribution in [2.75, 3.05) is 27.4 Å². The third kappa shape index (κ3) is 2.51. The van der Waals surface area contributed by atoms with Crippen molar-refractivity contribution in [3.8, 4) is 5.75 Å². The van der Waals surface area contributed by atoms with Gasteiger partial charge in [0.15, 0.2) is 0 Å². The van der Waals surface area contributed by atoms with Crippen molar-refractivity contribution < 1.29 is 18.9 Å². The van der Waals surface area contributed by atoms with E-state index in [1.165, 1.54) is 0 Å². The molecule has 18 heavy (non-hydrogen) atoms. The first-order chi connectivity index (χ1) is 8.51. The second-order valence-electron chi connectivity index (χ2n) is 5.23. The van der Waals surface area contributed by atoms with E-state index in [2.05, 4.69) is 13.8 Å². The molecule has 1 aromatic carbocycles. The monoisotopic (exact) mass is 252 g/mol. The Morgan fingerprint density at radius 1 is 1.00 bits per heavy atom. The minimum absolute atomic E-state index is 0.00843. The van der Waals surface area contributed by atoms with Crippen molar-refractivity contribution in [1.82, 2.24) is 0 Å². The standard InChI is InChI=1S/C14H20O4/c1-13(2)9-17-14(16-4,18-10-13)11-5-7-12(15-3)8-6-11/h5-8H,9-10H2,1-4H3. The van der Waals surface area contributed by atoms with Crippen molar-refractivity contribution >= 4 is 0 Å². The maximum Gasteiger partial charge on any atom is 0.311 e. The topological polar surface area (TPSA) is 36.9 Å². The smallest absolute Gasteiger partial charge is 0.311 e. The molecule has 1 saturated heterocycles. The zero-order valence-corrected chi connectivity index (χ0v) is 11.4. The molecule has 1 aliphatic heterocycles. The zero-order valence-electron chi connectivity index (χ0n) is 11.4. The lowest BCUT2D eigenvalue weighted by Gasteiger charge is -2.42. The van der Waals surface area contributed by atoms with Gasteiger partial charge < -0.3 is 18.9 Å². The highest BCUT2D eigenvalue weighted by Crippen LogP contribution is 2.37. The predicted molar refractivity (Wildman–Crippen MR) is 67.4 cm³/mol. The molecule has 0 aliphatic carbocycles. The fourth-order valence-electron chi connectivity index (χ4n) is 1.86. The highest BCUT2D eigenvalue weighted by atomic mass is 16.9. The summed E-state index contributed by atoms with van der Waals surface area (Å²) in [5.74, 6) is -0.303. The number of methoxy groups -OCH3 is 2. The summed E-state index contributed by atoms with van der Waals surface area (Å²) >= 11 is 0. The molecule has 4 nitrogen and oxygen atoms in total. The molecule has 0 N–H and O–H groups in total. The third-order valence-corrected chi connectivity index (χ3v) is 3.02. The number of hydrogen-bond acceptors (Lipinski definition) is 4. The van der Waals surface area contributed by atoms with Crippen LogP contribution in [0.25, 0.3) is 0 Å². The molecule has 1 aliphatic rings. The fraction of sp³-hybridized carbons (Fsp3) is 0.571. The zero-order chi connectivity index (χ0) is 13.2. The van der Waals surface area contributed by atoms with Crippen LogP contribution < -0.4 is 4.74 Å². The highest BCUT2D eigenvalue weighted by Gasteiger charge is 2.42. The summed E-state index contributed by atoms with van der Waals surface area (Å²) < 4.78 is 22.2. The number of rotatable bonds is 3. The van der Waals surface area contributed by atoms with Gasteiger partial charge in [-0.3, -0.25) is 0 Å². The molecule has 1 aromatic rings. The van der Waals surface area contributed by atoms with Crippen LogP contribution in [0.3, 0.4) is 0 Å². The first kappa shape index (κ1) is 13.3. The van der Waals surface area contributed by atoms with Gasteiger partial charge in [0.1, 0.15) is 5.75 Å². The molecule has 0 saturated carbocycles. The molecule has 0 atom stereocenters. The molecule has 0 spiro atoms. The minimum Gasteiger partial charge on any atom is -0.497 e. The normalized spacial score (nSPS) is 21.6. The average molecular weight is 252 g/mol. The molecule has 1 fully saturated rings. The summed E-state index contributed by atoms with van der Waals surface area (Å²) in [7, 11) is 3.22. The molecule has 0 radical (unpaired) electrons. The van der Waals surface area contributed by atoms with Crippen molar-refractivity contribution in [3.63, 3.8) is 0 Å². The van der Waals surface area contributed by atoms with Crippen LogP contribution in [0.5, 0.6) is 5.75 Å². The lowest BCUT2D eigenvalue weighted by Crippen LogP contribution is -2.46. The molecule has 100 valence electrons. The van der Waals surface area contributed by atoms with Crippen molar-refractivity contribution in [3.05, 3.63) is 29.8 Å². The quantitative estimate of drug-likeness (QED) is 0.828. The molecular formula is C14H20O4. The summed E-state index contributed by atoms with van der Waals surface area (Å²) in [6.07, 6.45) is 0. The Hall–Kier alpha value is -1.10. The molecular weight excluding hydrogens is 232 g/mol. The first-order valence-corrected chi connectivity index (χ1v) is 5.99. The maximum atomic E-state index is 5.80. The van der Waals surface area contributed by atoms with Gasteiger partial charge in [-0.1, -0.05) is 13.8 Å². The second-order valence-corrected chi connectivity index (χ2v) is 5.23. The molecule has 0 unspecified atom stereocenters. The largest absolute Gasteiger partial charge is 0.497 e. The third-order valence-electron chi connectivity index (χ3n) is 3.02. The Kier molecular flexibility index (Phi) is 3.61. The van der Waals surface area contributed by atoms with Crippen LogP contribution in [0, 0.1) is 5.41 Å². The number of hydrogen-bond donors (Lipinski definition) is 0. The highest BCUT2D eigenvalue weighted by molar-refractivity contribution is 5.29. The summed E-state index contributed by atoms with van der Waals surface area (Å²) in [5, 5.41) is 0.